The second-order valence-corrected chi connectivity index (χ2v) is 1.92. The normalized spacial score (nSPS) is 11.0. The SMILES string of the molecule is [CH2+]C([CH2+])(C)C(N)=O. The van der Waals surface area contributed by atoms with Crippen LogP contribution in [0.25, 0.3) is 0 Å². The Hall–Kier alpha value is -0.790. The number of rotatable bonds is 1. The van der Waals surface area contributed by atoms with Crippen molar-refractivity contribution >= 4 is 5.91 Å². The minimum absolute atomic E-state index is 0.479. The van der Waals surface area contributed by atoms with Crippen molar-refractivity contribution in [3.05, 3.63) is 13.8 Å². The van der Waals surface area contributed by atoms with Crippen LogP contribution in [0.1, 0.15) is 6.92 Å². The van der Waals surface area contributed by atoms with Gasteiger partial charge in [0.25, 0.3) is 0 Å². The number of amides is 1. The molecule has 0 aliphatic carbocycles. The number of primary amides is 1. The van der Waals surface area contributed by atoms with Crippen LogP contribution in [0.15, 0.2) is 0 Å². The van der Waals surface area contributed by atoms with Crippen LogP contribution in [0.3, 0.4) is 0 Å². The summed E-state index contributed by atoms with van der Waals surface area (Å²) in [5, 5.41) is 0. The summed E-state index contributed by atoms with van der Waals surface area (Å²) in [6.07, 6.45) is 0. The molecule has 0 unspecified atom stereocenters. The molecule has 0 aliphatic heterocycles. The fourth-order valence-electron chi connectivity index (χ4n) is 0. The molecule has 0 aromatic rings. The highest BCUT2D eigenvalue weighted by Gasteiger charge is 2.33. The first-order valence-corrected chi connectivity index (χ1v) is 1.95. The lowest BCUT2D eigenvalue weighted by atomic mass is 9.96. The van der Waals surface area contributed by atoms with Crippen LogP contribution in [0.4, 0.5) is 0 Å². The predicted molar refractivity (Wildman–Crippen MR) is 28.0 cm³/mol. The maximum Gasteiger partial charge on any atom is 0.314 e. The molecule has 0 aromatic carbocycles. The summed E-state index contributed by atoms with van der Waals surface area (Å²) in [6, 6.07) is 0. The molecule has 38 valence electrons. The molecule has 0 spiro atoms. The van der Waals surface area contributed by atoms with E-state index in [-0.39, 0.29) is 0 Å². The Bertz CT molecular complexity index is 80.6. The highest BCUT2D eigenvalue weighted by Crippen LogP contribution is 2.08. The average molecular weight is 99.1 g/mol. The van der Waals surface area contributed by atoms with Crippen molar-refractivity contribution in [2.24, 2.45) is 11.1 Å². The van der Waals surface area contributed by atoms with Crippen LogP contribution in [0, 0.1) is 19.3 Å². The lowest BCUT2D eigenvalue weighted by Gasteiger charge is -1.93. The minimum atomic E-state index is -0.861. The lowest BCUT2D eigenvalue weighted by molar-refractivity contribution is -0.122. The standard InChI is InChI=1S/C5H8NO/c1-5(2,3)4(6)7/h1-2H2,3H3,(H-,6,7)/q+1/p+1. The molecule has 1 amide bonds. The van der Waals surface area contributed by atoms with Gasteiger partial charge in [0.2, 0.25) is 0 Å². The van der Waals surface area contributed by atoms with Crippen molar-refractivity contribution in [2.75, 3.05) is 0 Å². The number of nitrogens with two attached hydrogens (primary N) is 1. The molecule has 0 radical (unpaired) electrons. The zero-order valence-corrected chi connectivity index (χ0v) is 4.40. The smallest absolute Gasteiger partial charge is 0.314 e. The molecular formula is C5H9NO+2. The Morgan fingerprint density at radius 3 is 1.86 bits per heavy atom. The van der Waals surface area contributed by atoms with Gasteiger partial charge in [0.15, 0.2) is 0 Å². The molecule has 0 bridgehead atoms. The van der Waals surface area contributed by atoms with Gasteiger partial charge in [0.05, 0.1) is 0 Å². The van der Waals surface area contributed by atoms with Crippen molar-refractivity contribution < 1.29 is 4.79 Å². The van der Waals surface area contributed by atoms with E-state index < -0.39 is 11.3 Å². The van der Waals surface area contributed by atoms with Gasteiger partial charge in [-0.2, -0.15) is 0 Å². The summed E-state index contributed by atoms with van der Waals surface area (Å²) >= 11 is 0. The Labute approximate surface area is 43.7 Å². The molecule has 2 nitrogen and oxygen atoms in total. The Morgan fingerprint density at radius 2 is 1.86 bits per heavy atom. The molecule has 0 heterocycles. The molecular weight excluding hydrogens is 90.1 g/mol. The maximum absolute atomic E-state index is 10.1. The van der Waals surface area contributed by atoms with E-state index in [1.54, 1.807) is 6.92 Å². The molecule has 0 saturated heterocycles. The molecule has 2 N–H and O–H groups in total. The summed E-state index contributed by atoms with van der Waals surface area (Å²) in [6.45, 7) is 8.33. The van der Waals surface area contributed by atoms with E-state index in [0.29, 0.717) is 0 Å². The van der Waals surface area contributed by atoms with E-state index in [9.17, 15) is 4.79 Å². The van der Waals surface area contributed by atoms with Gasteiger partial charge in [-0.1, -0.05) is 0 Å². The zero-order chi connectivity index (χ0) is 6.08. The van der Waals surface area contributed by atoms with Crippen LogP contribution in [0.5, 0.6) is 0 Å². The summed E-state index contributed by atoms with van der Waals surface area (Å²) in [4.78, 5) is 10.1. The van der Waals surface area contributed by atoms with Crippen molar-refractivity contribution in [2.45, 2.75) is 6.92 Å². The highest BCUT2D eigenvalue weighted by atomic mass is 16.1. The maximum atomic E-state index is 10.1. The number of carbonyl (C=O) groups excluding carboxylic acids is 1. The molecule has 0 rings (SSSR count). The van der Waals surface area contributed by atoms with Gasteiger partial charge in [-0.15, -0.1) is 0 Å². The third-order valence-corrected chi connectivity index (χ3v) is 0.595. The second-order valence-electron chi connectivity index (χ2n) is 1.92. The van der Waals surface area contributed by atoms with Gasteiger partial charge < -0.3 is 5.73 Å². The van der Waals surface area contributed by atoms with Crippen LogP contribution >= 0.6 is 0 Å². The van der Waals surface area contributed by atoms with Gasteiger partial charge in [0, 0.05) is 6.92 Å². The van der Waals surface area contributed by atoms with Crippen molar-refractivity contribution in [3.63, 3.8) is 0 Å². The van der Waals surface area contributed by atoms with Gasteiger partial charge in [-0.3, -0.25) is 4.79 Å². The summed E-state index contributed by atoms with van der Waals surface area (Å²) in [7, 11) is 0. The molecule has 7 heavy (non-hydrogen) atoms. The van der Waals surface area contributed by atoms with Gasteiger partial charge >= 0.3 is 11.3 Å². The molecule has 0 saturated carbocycles. The number of carbonyl (C=O) groups is 1. The first-order valence-electron chi connectivity index (χ1n) is 1.95. The van der Waals surface area contributed by atoms with Gasteiger partial charge in [0.1, 0.15) is 13.8 Å². The summed E-state index contributed by atoms with van der Waals surface area (Å²) < 4.78 is 0. The zero-order valence-electron chi connectivity index (χ0n) is 4.40. The Morgan fingerprint density at radius 1 is 1.71 bits per heavy atom. The van der Waals surface area contributed by atoms with E-state index >= 15 is 0 Å². The Kier molecular flexibility index (Phi) is 1.22. The predicted octanol–water partition coefficient (Wildman–Crippen LogP) is 0.146. The Balaban J connectivity index is 3.79. The average Bonchev–Trinajstić information content (AvgIpc) is 1.31. The molecule has 0 fully saturated rings. The third-order valence-electron chi connectivity index (χ3n) is 0.595. The first-order chi connectivity index (χ1) is 2.94. The van der Waals surface area contributed by atoms with Crippen molar-refractivity contribution in [3.8, 4) is 0 Å². The van der Waals surface area contributed by atoms with E-state index in [1.165, 1.54) is 0 Å². The van der Waals surface area contributed by atoms with Crippen LogP contribution in [-0.4, -0.2) is 5.91 Å². The molecule has 0 aromatic heterocycles. The third kappa shape index (κ3) is 1.98. The van der Waals surface area contributed by atoms with E-state index in [0.717, 1.165) is 0 Å². The van der Waals surface area contributed by atoms with Crippen molar-refractivity contribution in [1.82, 2.24) is 0 Å². The monoisotopic (exact) mass is 99.1 g/mol. The van der Waals surface area contributed by atoms with E-state index in [1.807, 2.05) is 0 Å². The lowest BCUT2D eigenvalue weighted by Crippen LogP contribution is -2.28. The highest BCUT2D eigenvalue weighted by molar-refractivity contribution is 5.81. The van der Waals surface area contributed by atoms with Crippen molar-refractivity contribution in [1.29, 1.82) is 0 Å². The molecule has 2 heteroatoms. The molecule has 0 atom stereocenters. The van der Waals surface area contributed by atoms with Gasteiger partial charge in [-0.05, 0) is 0 Å². The first kappa shape index (κ1) is 6.21. The van der Waals surface area contributed by atoms with Crippen LogP contribution < -0.4 is 5.73 Å². The van der Waals surface area contributed by atoms with E-state index in [4.69, 9.17) is 5.73 Å². The van der Waals surface area contributed by atoms with Crippen LogP contribution in [0.2, 0.25) is 0 Å². The fourth-order valence-corrected chi connectivity index (χ4v) is 0. The number of hydrogen-bond acceptors (Lipinski definition) is 1. The summed E-state index contributed by atoms with van der Waals surface area (Å²) in [5.74, 6) is -0.479. The van der Waals surface area contributed by atoms with E-state index in [2.05, 4.69) is 13.8 Å². The topological polar surface area (TPSA) is 43.1 Å². The minimum Gasteiger partial charge on any atom is -0.361 e. The fraction of sp³-hybridized carbons (Fsp3) is 0.400. The largest absolute Gasteiger partial charge is 0.361 e. The van der Waals surface area contributed by atoms with Gasteiger partial charge in [-0.25, -0.2) is 0 Å². The van der Waals surface area contributed by atoms with Crippen LogP contribution in [-0.2, 0) is 4.79 Å². The summed E-state index contributed by atoms with van der Waals surface area (Å²) in [5.41, 5.74) is 3.94. The number of hydrogen-bond donors (Lipinski definition) is 1. The molecule has 0 aliphatic rings. The second kappa shape index (κ2) is 1.37. The quantitative estimate of drug-likeness (QED) is 0.467.